The van der Waals surface area contributed by atoms with Gasteiger partial charge in [-0.15, -0.1) is 6.42 Å². The fraction of sp³-hybridized carbons (Fsp3) is 0.286. The van der Waals surface area contributed by atoms with Crippen LogP contribution in [0.25, 0.3) is 10.9 Å². The first kappa shape index (κ1) is 10.8. The van der Waals surface area contributed by atoms with Crippen LogP contribution in [0.4, 0.5) is 0 Å². The molecule has 2 rings (SSSR count). The lowest BCUT2D eigenvalue weighted by molar-refractivity contribution is 0.594. The predicted molar refractivity (Wildman–Crippen MR) is 68.1 cm³/mol. The van der Waals surface area contributed by atoms with Crippen molar-refractivity contribution in [3.05, 3.63) is 36.0 Å². The monoisotopic (exact) mass is 212 g/mol. The third kappa shape index (κ3) is 2.10. The van der Waals surface area contributed by atoms with Gasteiger partial charge >= 0.3 is 0 Å². The molecule has 0 aliphatic carbocycles. The van der Waals surface area contributed by atoms with Crippen LogP contribution in [0, 0.1) is 12.3 Å². The van der Waals surface area contributed by atoms with E-state index in [2.05, 4.69) is 47.4 Å². The molecule has 2 aromatic rings. The van der Waals surface area contributed by atoms with Crippen LogP contribution in [0.3, 0.4) is 0 Å². The van der Waals surface area contributed by atoms with E-state index in [4.69, 9.17) is 6.42 Å². The summed E-state index contributed by atoms with van der Waals surface area (Å²) in [5.74, 6) is 2.74. The number of nitrogens with one attached hydrogen (secondary N) is 2. The highest BCUT2D eigenvalue weighted by molar-refractivity contribution is 5.82. The smallest absolute Gasteiger partial charge is 0.0686 e. The molecule has 1 aromatic carbocycles. The lowest BCUT2D eigenvalue weighted by atomic mass is 10.1. The number of benzene rings is 1. The van der Waals surface area contributed by atoms with Crippen molar-refractivity contribution in [3.63, 3.8) is 0 Å². The van der Waals surface area contributed by atoms with Crippen LogP contribution in [-0.2, 0) is 6.54 Å². The van der Waals surface area contributed by atoms with Crippen LogP contribution in [0.2, 0.25) is 0 Å². The molecule has 1 atom stereocenters. The average molecular weight is 212 g/mol. The van der Waals surface area contributed by atoms with Crippen molar-refractivity contribution >= 4 is 10.9 Å². The maximum atomic E-state index is 5.42. The van der Waals surface area contributed by atoms with Crippen LogP contribution < -0.4 is 5.32 Å². The first-order valence-corrected chi connectivity index (χ1v) is 5.59. The van der Waals surface area contributed by atoms with E-state index < -0.39 is 0 Å². The molecule has 0 aliphatic heterocycles. The third-order valence-electron chi connectivity index (χ3n) is 2.83. The fourth-order valence-electron chi connectivity index (χ4n) is 1.86. The Labute approximate surface area is 96.1 Å². The molecule has 16 heavy (non-hydrogen) atoms. The van der Waals surface area contributed by atoms with Crippen LogP contribution in [0.1, 0.15) is 18.9 Å². The SMILES string of the molecule is C#CC(CC)NCc1cccc2[nH]ccc12. The lowest BCUT2D eigenvalue weighted by Crippen LogP contribution is -2.26. The number of hydrogen-bond acceptors (Lipinski definition) is 1. The van der Waals surface area contributed by atoms with Gasteiger partial charge in [0.1, 0.15) is 0 Å². The molecule has 82 valence electrons. The Morgan fingerprint density at radius 1 is 1.44 bits per heavy atom. The molecule has 0 saturated heterocycles. The Morgan fingerprint density at radius 2 is 2.31 bits per heavy atom. The Morgan fingerprint density at radius 3 is 3.06 bits per heavy atom. The summed E-state index contributed by atoms with van der Waals surface area (Å²) in [6, 6.07) is 8.54. The molecule has 2 nitrogen and oxygen atoms in total. The van der Waals surface area contributed by atoms with Gasteiger partial charge in [0, 0.05) is 23.6 Å². The number of hydrogen-bond donors (Lipinski definition) is 2. The second-order valence-corrected chi connectivity index (χ2v) is 3.86. The molecule has 1 aromatic heterocycles. The van der Waals surface area contributed by atoms with Crippen molar-refractivity contribution in [3.8, 4) is 12.3 Å². The summed E-state index contributed by atoms with van der Waals surface area (Å²) in [4.78, 5) is 3.21. The molecule has 0 spiro atoms. The molecule has 0 radical (unpaired) electrons. The van der Waals surface area contributed by atoms with Gasteiger partial charge in [0.25, 0.3) is 0 Å². The summed E-state index contributed by atoms with van der Waals surface area (Å²) in [7, 11) is 0. The number of rotatable bonds is 4. The second-order valence-electron chi connectivity index (χ2n) is 3.86. The average Bonchev–Trinajstić information content (AvgIpc) is 2.79. The first-order chi connectivity index (χ1) is 7.85. The van der Waals surface area contributed by atoms with Crippen LogP contribution in [-0.4, -0.2) is 11.0 Å². The summed E-state index contributed by atoms with van der Waals surface area (Å²) in [6.07, 6.45) is 8.34. The van der Waals surface area contributed by atoms with Gasteiger partial charge in [-0.05, 0) is 24.1 Å². The van der Waals surface area contributed by atoms with Gasteiger partial charge in [-0.3, -0.25) is 5.32 Å². The van der Waals surface area contributed by atoms with E-state index in [9.17, 15) is 0 Å². The zero-order valence-corrected chi connectivity index (χ0v) is 9.46. The summed E-state index contributed by atoms with van der Waals surface area (Å²) in [6.45, 7) is 2.91. The number of terminal acetylenes is 1. The minimum atomic E-state index is 0.161. The molecule has 2 heteroatoms. The van der Waals surface area contributed by atoms with Gasteiger partial charge in [0.15, 0.2) is 0 Å². The topological polar surface area (TPSA) is 27.8 Å². The van der Waals surface area contributed by atoms with E-state index >= 15 is 0 Å². The zero-order chi connectivity index (χ0) is 11.4. The van der Waals surface area contributed by atoms with E-state index in [-0.39, 0.29) is 6.04 Å². The summed E-state index contributed by atoms with van der Waals surface area (Å²) in [5, 5.41) is 4.63. The molecule has 0 saturated carbocycles. The molecule has 0 amide bonds. The molecular weight excluding hydrogens is 196 g/mol. The maximum absolute atomic E-state index is 5.42. The minimum absolute atomic E-state index is 0.161. The van der Waals surface area contributed by atoms with Crippen molar-refractivity contribution in [2.24, 2.45) is 0 Å². The highest BCUT2D eigenvalue weighted by Crippen LogP contribution is 2.17. The molecular formula is C14H16N2. The molecule has 0 fully saturated rings. The number of aromatic amines is 1. The molecule has 1 unspecified atom stereocenters. The summed E-state index contributed by atoms with van der Waals surface area (Å²) < 4.78 is 0. The first-order valence-electron chi connectivity index (χ1n) is 5.59. The van der Waals surface area contributed by atoms with Crippen LogP contribution in [0.15, 0.2) is 30.5 Å². The van der Waals surface area contributed by atoms with Crippen LogP contribution >= 0.6 is 0 Å². The Balaban J connectivity index is 2.15. The Bertz CT molecular complexity index is 505. The van der Waals surface area contributed by atoms with E-state index in [0.717, 1.165) is 13.0 Å². The number of H-pyrrole nitrogens is 1. The highest BCUT2D eigenvalue weighted by atomic mass is 14.9. The quantitative estimate of drug-likeness (QED) is 0.749. The molecule has 0 aliphatic rings. The molecule has 1 heterocycles. The van der Waals surface area contributed by atoms with Gasteiger partial charge in [0.2, 0.25) is 0 Å². The van der Waals surface area contributed by atoms with Crippen molar-refractivity contribution in [2.45, 2.75) is 25.9 Å². The van der Waals surface area contributed by atoms with Gasteiger partial charge < -0.3 is 4.98 Å². The Kier molecular flexibility index (Phi) is 3.28. The Hall–Kier alpha value is -1.72. The van der Waals surface area contributed by atoms with Gasteiger partial charge in [-0.25, -0.2) is 0 Å². The van der Waals surface area contributed by atoms with Crippen molar-refractivity contribution < 1.29 is 0 Å². The minimum Gasteiger partial charge on any atom is -0.361 e. The van der Waals surface area contributed by atoms with Crippen LogP contribution in [0.5, 0.6) is 0 Å². The highest BCUT2D eigenvalue weighted by Gasteiger charge is 2.04. The standard InChI is InChI=1S/C14H16N2/c1-3-12(4-2)16-10-11-6-5-7-14-13(11)8-9-15-14/h1,5-9,12,15-16H,4,10H2,2H3. The van der Waals surface area contributed by atoms with Crippen molar-refractivity contribution in [1.29, 1.82) is 0 Å². The largest absolute Gasteiger partial charge is 0.361 e. The van der Waals surface area contributed by atoms with Crippen molar-refractivity contribution in [2.75, 3.05) is 0 Å². The van der Waals surface area contributed by atoms with Gasteiger partial charge in [-0.2, -0.15) is 0 Å². The van der Waals surface area contributed by atoms with E-state index in [1.54, 1.807) is 0 Å². The fourth-order valence-corrected chi connectivity index (χ4v) is 1.86. The second kappa shape index (κ2) is 4.87. The van der Waals surface area contributed by atoms with E-state index in [1.165, 1.54) is 16.5 Å². The van der Waals surface area contributed by atoms with E-state index in [0.29, 0.717) is 0 Å². The third-order valence-corrected chi connectivity index (χ3v) is 2.83. The molecule has 2 N–H and O–H groups in total. The number of aromatic nitrogens is 1. The van der Waals surface area contributed by atoms with Crippen molar-refractivity contribution in [1.82, 2.24) is 10.3 Å². The predicted octanol–water partition coefficient (Wildman–Crippen LogP) is 2.67. The lowest BCUT2D eigenvalue weighted by Gasteiger charge is -2.11. The number of fused-ring (bicyclic) bond motifs is 1. The normalized spacial score (nSPS) is 12.5. The summed E-state index contributed by atoms with van der Waals surface area (Å²) >= 11 is 0. The van der Waals surface area contributed by atoms with Gasteiger partial charge in [-0.1, -0.05) is 25.0 Å². The van der Waals surface area contributed by atoms with E-state index in [1.807, 2.05) is 6.20 Å². The zero-order valence-electron chi connectivity index (χ0n) is 9.46. The van der Waals surface area contributed by atoms with Gasteiger partial charge in [0.05, 0.1) is 6.04 Å². The maximum Gasteiger partial charge on any atom is 0.0686 e. The molecule has 0 bridgehead atoms. The summed E-state index contributed by atoms with van der Waals surface area (Å²) in [5.41, 5.74) is 2.46.